The number of likely N-dealkylation sites (tertiary alicyclic amines) is 2. The van der Waals surface area contributed by atoms with Crippen molar-refractivity contribution in [1.29, 1.82) is 0 Å². The number of aromatic nitrogens is 1. The number of amides is 1. The van der Waals surface area contributed by atoms with Gasteiger partial charge in [0.1, 0.15) is 5.75 Å². The molecule has 1 amide bonds. The first-order valence-electron chi connectivity index (χ1n) is 14.9. The molecule has 2 N–H and O–H groups in total. The van der Waals surface area contributed by atoms with Gasteiger partial charge in [0.2, 0.25) is 5.88 Å². The van der Waals surface area contributed by atoms with Gasteiger partial charge in [-0.1, -0.05) is 18.9 Å². The molecule has 3 aliphatic rings. The molecule has 0 aliphatic carbocycles. The van der Waals surface area contributed by atoms with Gasteiger partial charge in [0.05, 0.1) is 11.3 Å². The van der Waals surface area contributed by atoms with Crippen molar-refractivity contribution in [2.24, 2.45) is 5.73 Å². The molecule has 2 fully saturated rings. The highest BCUT2D eigenvalue weighted by molar-refractivity contribution is 5.93. The summed E-state index contributed by atoms with van der Waals surface area (Å²) in [6, 6.07) is 9.95. The van der Waals surface area contributed by atoms with Gasteiger partial charge < -0.3 is 20.3 Å². The molecule has 0 spiro atoms. The lowest BCUT2D eigenvalue weighted by molar-refractivity contribution is 0.0998. The minimum Gasteiger partial charge on any atom is -0.439 e. The number of hydrogen-bond acceptors (Lipinski definition) is 6. The summed E-state index contributed by atoms with van der Waals surface area (Å²) in [5, 5.41) is 0. The highest BCUT2D eigenvalue weighted by Crippen LogP contribution is 2.28. The van der Waals surface area contributed by atoms with Gasteiger partial charge in [-0.15, -0.1) is 0 Å². The molecule has 2 aromatic rings. The quantitative estimate of drug-likeness (QED) is 0.467. The first-order chi connectivity index (χ1) is 18.6. The number of primary amides is 1. The summed E-state index contributed by atoms with van der Waals surface area (Å²) < 4.78 is 6.18. The van der Waals surface area contributed by atoms with Crippen LogP contribution in [0.5, 0.6) is 11.6 Å². The molecular weight excluding hydrogens is 474 g/mol. The maximum Gasteiger partial charge on any atom is 0.250 e. The van der Waals surface area contributed by atoms with E-state index in [-0.39, 0.29) is 0 Å². The Kier molecular flexibility index (Phi) is 9.66. The molecule has 7 nitrogen and oxygen atoms in total. The molecule has 206 valence electrons. The molecular formula is C31H45N5O2. The third-order valence-electron chi connectivity index (χ3n) is 8.44. The molecule has 0 saturated carbocycles. The standard InChI is InChI=1S/C31H45N5O2/c32-31(37)28-12-13-30(33-29(28)9-7-19-34-15-3-1-4-16-34)38-27-11-10-26-24-36(22-14-25(26)23-27)21-8-20-35-17-5-2-6-18-35/h10-13,23H,1-9,14-22,24H2,(H2,32,37). The normalized spacial score (nSPS) is 19.3. The van der Waals surface area contributed by atoms with E-state index in [1.54, 1.807) is 12.1 Å². The fraction of sp³-hybridized carbons (Fsp3) is 0.613. The topological polar surface area (TPSA) is 74.9 Å². The largest absolute Gasteiger partial charge is 0.439 e. The van der Waals surface area contributed by atoms with E-state index < -0.39 is 5.91 Å². The van der Waals surface area contributed by atoms with E-state index in [9.17, 15) is 4.79 Å². The molecule has 1 aromatic heterocycles. The van der Waals surface area contributed by atoms with Crippen LogP contribution in [0.1, 0.15) is 78.5 Å². The molecule has 0 radical (unpaired) electrons. The van der Waals surface area contributed by atoms with Crippen molar-refractivity contribution in [2.75, 3.05) is 52.4 Å². The molecule has 3 aliphatic heterocycles. The summed E-state index contributed by atoms with van der Waals surface area (Å²) in [5.41, 5.74) is 9.66. The van der Waals surface area contributed by atoms with Crippen molar-refractivity contribution < 1.29 is 9.53 Å². The lowest BCUT2D eigenvalue weighted by Gasteiger charge is -2.31. The number of nitrogens with zero attached hydrogens (tertiary/aromatic N) is 4. The predicted octanol–water partition coefficient (Wildman–Crippen LogP) is 4.63. The number of rotatable bonds is 11. The van der Waals surface area contributed by atoms with Crippen LogP contribution in [-0.4, -0.2) is 77.9 Å². The molecule has 2 saturated heterocycles. The molecule has 0 unspecified atom stereocenters. The Morgan fingerprint density at radius 2 is 1.47 bits per heavy atom. The van der Waals surface area contributed by atoms with Crippen LogP contribution in [0.4, 0.5) is 0 Å². The second kappa shape index (κ2) is 13.5. The van der Waals surface area contributed by atoms with Gasteiger partial charge in [0.25, 0.3) is 5.91 Å². The van der Waals surface area contributed by atoms with Crippen LogP contribution in [-0.2, 0) is 19.4 Å². The van der Waals surface area contributed by atoms with Crippen LogP contribution in [0.2, 0.25) is 0 Å². The summed E-state index contributed by atoms with van der Waals surface area (Å²) in [4.78, 5) is 24.5. The lowest BCUT2D eigenvalue weighted by atomic mass is 9.99. The average molecular weight is 520 g/mol. The minimum absolute atomic E-state index is 0.425. The van der Waals surface area contributed by atoms with Gasteiger partial charge in [-0.05, 0) is 127 Å². The summed E-state index contributed by atoms with van der Waals surface area (Å²) in [7, 11) is 0. The Balaban J connectivity index is 1.15. The highest BCUT2D eigenvalue weighted by Gasteiger charge is 2.19. The lowest BCUT2D eigenvalue weighted by Crippen LogP contribution is -2.35. The summed E-state index contributed by atoms with van der Waals surface area (Å²) in [5.74, 6) is 0.908. The van der Waals surface area contributed by atoms with E-state index in [2.05, 4.69) is 32.9 Å². The van der Waals surface area contributed by atoms with E-state index in [1.165, 1.54) is 95.3 Å². The number of piperidine rings is 2. The number of aryl methyl sites for hydroxylation is 1. The van der Waals surface area contributed by atoms with Gasteiger partial charge in [-0.3, -0.25) is 9.69 Å². The summed E-state index contributed by atoms with van der Waals surface area (Å²) in [6.45, 7) is 10.5. The Labute approximate surface area is 228 Å². The number of carbonyl (C=O) groups is 1. The van der Waals surface area contributed by atoms with Crippen molar-refractivity contribution in [3.8, 4) is 11.6 Å². The molecule has 1 aromatic carbocycles. The fourth-order valence-electron chi connectivity index (χ4n) is 6.27. The number of hydrogen-bond donors (Lipinski definition) is 1. The second-order valence-corrected chi connectivity index (χ2v) is 11.3. The van der Waals surface area contributed by atoms with Crippen LogP contribution in [0.15, 0.2) is 30.3 Å². The molecule has 5 rings (SSSR count). The van der Waals surface area contributed by atoms with Gasteiger partial charge in [0.15, 0.2) is 0 Å². The van der Waals surface area contributed by atoms with E-state index in [0.717, 1.165) is 50.3 Å². The second-order valence-electron chi connectivity index (χ2n) is 11.3. The van der Waals surface area contributed by atoms with Gasteiger partial charge in [0, 0.05) is 19.2 Å². The zero-order valence-electron chi connectivity index (χ0n) is 23.0. The van der Waals surface area contributed by atoms with Gasteiger partial charge in [-0.25, -0.2) is 4.98 Å². The molecule has 4 heterocycles. The first-order valence-corrected chi connectivity index (χ1v) is 14.9. The van der Waals surface area contributed by atoms with Crippen LogP contribution in [0.3, 0.4) is 0 Å². The average Bonchev–Trinajstić information content (AvgIpc) is 2.94. The van der Waals surface area contributed by atoms with Crippen molar-refractivity contribution >= 4 is 5.91 Å². The van der Waals surface area contributed by atoms with Gasteiger partial charge >= 0.3 is 0 Å². The SMILES string of the molecule is NC(=O)c1ccc(Oc2ccc3c(c2)CCN(CCCN2CCCCC2)C3)nc1CCCN1CCCCC1. The van der Waals surface area contributed by atoms with Crippen molar-refractivity contribution in [3.05, 3.63) is 52.7 Å². The maximum absolute atomic E-state index is 12.0. The number of nitrogens with two attached hydrogens (primary N) is 1. The van der Waals surface area contributed by atoms with Crippen LogP contribution >= 0.6 is 0 Å². The van der Waals surface area contributed by atoms with Crippen LogP contribution < -0.4 is 10.5 Å². The zero-order chi connectivity index (χ0) is 26.2. The minimum atomic E-state index is -0.425. The van der Waals surface area contributed by atoms with Crippen LogP contribution in [0, 0.1) is 0 Å². The van der Waals surface area contributed by atoms with Crippen molar-refractivity contribution in [1.82, 2.24) is 19.7 Å². The maximum atomic E-state index is 12.0. The number of carbonyl (C=O) groups excluding carboxylic acids is 1. The third-order valence-corrected chi connectivity index (χ3v) is 8.44. The Morgan fingerprint density at radius 1 is 0.789 bits per heavy atom. The summed E-state index contributed by atoms with van der Waals surface area (Å²) >= 11 is 0. The molecule has 0 atom stereocenters. The zero-order valence-corrected chi connectivity index (χ0v) is 23.0. The van der Waals surface area contributed by atoms with E-state index in [0.29, 0.717) is 11.4 Å². The Morgan fingerprint density at radius 3 is 2.18 bits per heavy atom. The van der Waals surface area contributed by atoms with Crippen molar-refractivity contribution in [2.45, 2.75) is 70.8 Å². The number of pyridine rings is 1. The van der Waals surface area contributed by atoms with Gasteiger partial charge in [-0.2, -0.15) is 0 Å². The monoisotopic (exact) mass is 519 g/mol. The van der Waals surface area contributed by atoms with Crippen LogP contribution in [0.25, 0.3) is 0 Å². The third kappa shape index (κ3) is 7.55. The summed E-state index contributed by atoms with van der Waals surface area (Å²) in [6.07, 6.45) is 12.0. The number of fused-ring (bicyclic) bond motifs is 1. The smallest absolute Gasteiger partial charge is 0.250 e. The van der Waals surface area contributed by atoms with Crippen molar-refractivity contribution in [3.63, 3.8) is 0 Å². The fourth-order valence-corrected chi connectivity index (χ4v) is 6.27. The first kappa shape index (κ1) is 27.1. The predicted molar refractivity (Wildman–Crippen MR) is 152 cm³/mol. The number of benzene rings is 1. The molecule has 0 bridgehead atoms. The molecule has 38 heavy (non-hydrogen) atoms. The number of ether oxygens (including phenoxy) is 1. The Bertz CT molecular complexity index is 1060. The molecule has 7 heteroatoms. The van der Waals surface area contributed by atoms with E-state index in [1.807, 2.05) is 0 Å². The van der Waals surface area contributed by atoms with E-state index in [4.69, 9.17) is 15.5 Å². The highest BCUT2D eigenvalue weighted by atomic mass is 16.5. The van der Waals surface area contributed by atoms with E-state index >= 15 is 0 Å². The Hall–Kier alpha value is -2.48.